The van der Waals surface area contributed by atoms with Crippen molar-refractivity contribution in [2.75, 3.05) is 0 Å². The maximum Gasteiger partial charge on any atom is 0.338 e. The average molecular weight is 330 g/mol. The normalized spacial score (nSPS) is 10.7. The highest BCUT2D eigenvalue weighted by Crippen LogP contribution is 2.08. The monoisotopic (exact) mass is 330 g/mol. The largest absolute Gasteiger partial charge is 0.454 e. The molecule has 1 aromatic carbocycles. The Hall–Kier alpha value is -2.70. The first-order valence-electron chi connectivity index (χ1n) is 7.83. The van der Waals surface area contributed by atoms with Gasteiger partial charge in [0.1, 0.15) is 6.33 Å². The lowest BCUT2D eigenvalue weighted by Gasteiger charge is -2.09. The summed E-state index contributed by atoms with van der Waals surface area (Å²) in [5.41, 5.74) is 1.37. The fraction of sp³-hybridized carbons (Fsp3) is 0.412. The van der Waals surface area contributed by atoms with E-state index in [1.165, 1.54) is 13.3 Å². The fourth-order valence-electron chi connectivity index (χ4n) is 2.10. The number of nitrogens with zero attached hydrogens (tertiary/aromatic N) is 3. The summed E-state index contributed by atoms with van der Waals surface area (Å²) in [5, 5.41) is 6.84. The molecule has 0 saturated carbocycles. The number of amides is 1. The van der Waals surface area contributed by atoms with Gasteiger partial charge in [0.2, 0.25) is 5.91 Å². The smallest absolute Gasteiger partial charge is 0.338 e. The van der Waals surface area contributed by atoms with Gasteiger partial charge in [0.25, 0.3) is 0 Å². The minimum Gasteiger partial charge on any atom is -0.454 e. The van der Waals surface area contributed by atoms with Gasteiger partial charge in [-0.3, -0.25) is 4.79 Å². The fourth-order valence-corrected chi connectivity index (χ4v) is 2.10. The highest BCUT2D eigenvalue weighted by atomic mass is 16.5. The van der Waals surface area contributed by atoms with Crippen molar-refractivity contribution in [1.29, 1.82) is 0 Å². The van der Waals surface area contributed by atoms with Crippen molar-refractivity contribution in [1.82, 2.24) is 20.1 Å². The minimum atomic E-state index is -0.417. The van der Waals surface area contributed by atoms with E-state index in [1.807, 2.05) is 0 Å². The van der Waals surface area contributed by atoms with E-state index in [0.717, 1.165) is 12.1 Å². The van der Waals surface area contributed by atoms with Gasteiger partial charge in [-0.1, -0.05) is 26.0 Å². The molecule has 24 heavy (non-hydrogen) atoms. The van der Waals surface area contributed by atoms with E-state index < -0.39 is 5.97 Å². The summed E-state index contributed by atoms with van der Waals surface area (Å²) in [6.07, 6.45) is 1.46. The van der Waals surface area contributed by atoms with Gasteiger partial charge in [-0.15, -0.1) is 0 Å². The molecule has 0 aliphatic carbocycles. The van der Waals surface area contributed by atoms with Crippen molar-refractivity contribution < 1.29 is 14.3 Å². The van der Waals surface area contributed by atoms with Crippen LogP contribution in [0.3, 0.4) is 0 Å². The first kappa shape index (κ1) is 17.7. The van der Waals surface area contributed by atoms with Crippen molar-refractivity contribution in [2.24, 2.45) is 5.92 Å². The number of nitrogens with one attached hydrogen (secondary N) is 1. The molecule has 2 aromatic rings. The van der Waals surface area contributed by atoms with Crippen LogP contribution in [-0.4, -0.2) is 26.6 Å². The summed E-state index contributed by atoms with van der Waals surface area (Å²) in [6.45, 7) is 6.87. The number of carbonyl (C=O) groups is 2. The standard InChI is InChI=1S/C17H22N4O3/c1-12(2)9-21-16(19-11-20-21)10-24-17(23)15-6-4-14(5-7-15)8-18-13(3)22/h4-7,11-12H,8-10H2,1-3H3,(H,18,22). The molecular weight excluding hydrogens is 308 g/mol. The summed E-state index contributed by atoms with van der Waals surface area (Å²) in [4.78, 5) is 27.1. The van der Waals surface area contributed by atoms with Gasteiger partial charge in [0.05, 0.1) is 5.56 Å². The van der Waals surface area contributed by atoms with Crippen LogP contribution in [0.1, 0.15) is 42.5 Å². The van der Waals surface area contributed by atoms with Crippen LogP contribution >= 0.6 is 0 Å². The Kier molecular flexibility index (Phi) is 6.06. The molecule has 2 rings (SSSR count). The average Bonchev–Trinajstić information content (AvgIpc) is 2.97. The number of esters is 1. The molecule has 1 aromatic heterocycles. The molecule has 0 unspecified atom stereocenters. The van der Waals surface area contributed by atoms with E-state index >= 15 is 0 Å². The van der Waals surface area contributed by atoms with Crippen LogP contribution in [0.25, 0.3) is 0 Å². The molecule has 1 N–H and O–H groups in total. The number of hydrogen-bond acceptors (Lipinski definition) is 5. The lowest BCUT2D eigenvalue weighted by Crippen LogP contribution is -2.18. The highest BCUT2D eigenvalue weighted by Gasteiger charge is 2.11. The van der Waals surface area contributed by atoms with Crippen LogP contribution in [0, 0.1) is 5.92 Å². The quantitative estimate of drug-likeness (QED) is 0.784. The van der Waals surface area contributed by atoms with Gasteiger partial charge >= 0.3 is 5.97 Å². The van der Waals surface area contributed by atoms with Crippen LogP contribution < -0.4 is 5.32 Å². The molecule has 0 aliphatic rings. The molecule has 0 fully saturated rings. The third-order valence-corrected chi connectivity index (χ3v) is 3.30. The van der Waals surface area contributed by atoms with Gasteiger partial charge in [-0.05, 0) is 23.6 Å². The Labute approximate surface area is 141 Å². The first-order chi connectivity index (χ1) is 11.5. The minimum absolute atomic E-state index is 0.0825. The number of hydrogen-bond donors (Lipinski definition) is 1. The van der Waals surface area contributed by atoms with Crippen LogP contribution in [0.5, 0.6) is 0 Å². The number of aromatic nitrogens is 3. The van der Waals surface area contributed by atoms with Crippen molar-refractivity contribution in [2.45, 2.75) is 40.5 Å². The maximum absolute atomic E-state index is 12.1. The molecule has 128 valence electrons. The summed E-state index contributed by atoms with van der Waals surface area (Å²) >= 11 is 0. The molecule has 1 amide bonds. The molecule has 0 radical (unpaired) electrons. The molecule has 7 heteroatoms. The van der Waals surface area contributed by atoms with Gasteiger partial charge < -0.3 is 10.1 Å². The van der Waals surface area contributed by atoms with E-state index in [1.54, 1.807) is 28.9 Å². The van der Waals surface area contributed by atoms with Crippen LogP contribution in [0.15, 0.2) is 30.6 Å². The maximum atomic E-state index is 12.1. The van der Waals surface area contributed by atoms with Crippen molar-refractivity contribution in [3.8, 4) is 0 Å². The van der Waals surface area contributed by atoms with Gasteiger partial charge in [0, 0.05) is 20.0 Å². The van der Waals surface area contributed by atoms with E-state index in [2.05, 4.69) is 29.2 Å². The first-order valence-corrected chi connectivity index (χ1v) is 7.83. The third kappa shape index (κ3) is 5.19. The highest BCUT2D eigenvalue weighted by molar-refractivity contribution is 5.89. The lowest BCUT2D eigenvalue weighted by molar-refractivity contribution is -0.119. The third-order valence-electron chi connectivity index (χ3n) is 3.30. The van der Waals surface area contributed by atoms with E-state index in [4.69, 9.17) is 4.74 Å². The topological polar surface area (TPSA) is 86.1 Å². The number of ether oxygens (including phenoxy) is 1. The second-order valence-electron chi connectivity index (χ2n) is 5.94. The van der Waals surface area contributed by atoms with Gasteiger partial charge in [-0.25, -0.2) is 14.5 Å². The number of carbonyl (C=O) groups excluding carboxylic acids is 2. The van der Waals surface area contributed by atoms with E-state index in [-0.39, 0.29) is 12.5 Å². The van der Waals surface area contributed by atoms with Gasteiger partial charge in [-0.2, -0.15) is 5.10 Å². The molecule has 0 atom stereocenters. The summed E-state index contributed by atoms with van der Waals surface area (Å²) < 4.78 is 7.05. The Morgan fingerprint density at radius 1 is 1.25 bits per heavy atom. The molecule has 7 nitrogen and oxygen atoms in total. The summed E-state index contributed by atoms with van der Waals surface area (Å²) in [6, 6.07) is 6.93. The zero-order valence-corrected chi connectivity index (χ0v) is 14.2. The zero-order valence-electron chi connectivity index (χ0n) is 14.2. The van der Waals surface area contributed by atoms with Crippen molar-refractivity contribution >= 4 is 11.9 Å². The molecule has 1 heterocycles. The van der Waals surface area contributed by atoms with Gasteiger partial charge in [0.15, 0.2) is 12.4 Å². The SMILES string of the molecule is CC(=O)NCc1ccc(C(=O)OCc2ncnn2CC(C)C)cc1. The van der Waals surface area contributed by atoms with Crippen LogP contribution in [0.2, 0.25) is 0 Å². The summed E-state index contributed by atoms with van der Waals surface area (Å²) in [7, 11) is 0. The molecule has 0 saturated heterocycles. The van der Waals surface area contributed by atoms with Crippen molar-refractivity contribution in [3.05, 3.63) is 47.5 Å². The number of rotatable bonds is 7. The molecule has 0 aliphatic heterocycles. The Morgan fingerprint density at radius 2 is 1.96 bits per heavy atom. The number of benzene rings is 1. The Morgan fingerprint density at radius 3 is 2.58 bits per heavy atom. The van der Waals surface area contributed by atoms with Crippen LogP contribution in [-0.2, 0) is 29.2 Å². The summed E-state index contributed by atoms with van der Waals surface area (Å²) in [5.74, 6) is 0.542. The van der Waals surface area contributed by atoms with Crippen LogP contribution in [0.4, 0.5) is 0 Å². The Balaban J connectivity index is 1.91. The predicted molar refractivity (Wildman–Crippen MR) is 87.9 cm³/mol. The predicted octanol–water partition coefficient (Wildman–Crippen LogP) is 1.93. The van der Waals surface area contributed by atoms with E-state index in [0.29, 0.717) is 23.9 Å². The van der Waals surface area contributed by atoms with Crippen molar-refractivity contribution in [3.63, 3.8) is 0 Å². The second-order valence-corrected chi connectivity index (χ2v) is 5.94. The zero-order chi connectivity index (χ0) is 17.5. The molecule has 0 spiro atoms. The lowest BCUT2D eigenvalue weighted by atomic mass is 10.1. The Bertz CT molecular complexity index is 692. The molecule has 0 bridgehead atoms. The van der Waals surface area contributed by atoms with E-state index in [9.17, 15) is 9.59 Å². The molecular formula is C17H22N4O3. The second kappa shape index (κ2) is 8.24.